The van der Waals surface area contributed by atoms with Gasteiger partial charge in [-0.25, -0.2) is 4.98 Å². The highest BCUT2D eigenvalue weighted by molar-refractivity contribution is 5.63. The summed E-state index contributed by atoms with van der Waals surface area (Å²) in [6.07, 6.45) is 0.600. The smallest absolute Gasteiger partial charge is 0.111 e. The molecule has 0 saturated carbocycles. The van der Waals surface area contributed by atoms with Crippen molar-refractivity contribution in [2.45, 2.75) is 20.3 Å². The van der Waals surface area contributed by atoms with Crippen molar-refractivity contribution in [2.24, 2.45) is 7.05 Å². The third-order valence-corrected chi connectivity index (χ3v) is 3.10. The zero-order valence-corrected chi connectivity index (χ0v) is 10.6. The van der Waals surface area contributed by atoms with Crippen LogP contribution in [-0.4, -0.2) is 21.3 Å². The van der Waals surface area contributed by atoms with Crippen molar-refractivity contribution >= 4 is 0 Å². The van der Waals surface area contributed by atoms with E-state index in [9.17, 15) is 0 Å². The largest absolute Gasteiger partial charge is 0.396 e. The molecule has 0 amide bonds. The highest BCUT2D eigenvalue weighted by Crippen LogP contribution is 2.23. The van der Waals surface area contributed by atoms with Crippen LogP contribution < -0.4 is 0 Å². The fourth-order valence-electron chi connectivity index (χ4n) is 2.03. The fraction of sp³-hybridized carbons (Fsp3) is 0.357. The van der Waals surface area contributed by atoms with Gasteiger partial charge < -0.3 is 9.67 Å². The van der Waals surface area contributed by atoms with E-state index < -0.39 is 0 Å². The Hall–Kier alpha value is -1.61. The Morgan fingerprint density at radius 2 is 2.06 bits per heavy atom. The Kier molecular flexibility index (Phi) is 3.29. The Morgan fingerprint density at radius 3 is 2.71 bits per heavy atom. The number of hydrogen-bond donors (Lipinski definition) is 1. The van der Waals surface area contributed by atoms with Gasteiger partial charge in [-0.2, -0.15) is 0 Å². The van der Waals surface area contributed by atoms with Gasteiger partial charge in [-0.3, -0.25) is 0 Å². The molecule has 0 spiro atoms. The first-order chi connectivity index (χ1) is 8.13. The molecule has 0 aliphatic carbocycles. The summed E-state index contributed by atoms with van der Waals surface area (Å²) in [5.41, 5.74) is 4.53. The summed E-state index contributed by atoms with van der Waals surface area (Å²) in [5.74, 6) is 0.932. The number of hydrogen-bond acceptors (Lipinski definition) is 2. The van der Waals surface area contributed by atoms with E-state index in [4.69, 9.17) is 5.11 Å². The summed E-state index contributed by atoms with van der Waals surface area (Å²) in [6, 6.07) is 8.34. The first-order valence-electron chi connectivity index (χ1n) is 5.83. The molecule has 0 fully saturated rings. The molecule has 17 heavy (non-hydrogen) atoms. The van der Waals surface area contributed by atoms with Crippen molar-refractivity contribution in [1.82, 2.24) is 9.55 Å². The van der Waals surface area contributed by atoms with E-state index in [0.29, 0.717) is 6.42 Å². The van der Waals surface area contributed by atoms with Crippen molar-refractivity contribution in [3.63, 3.8) is 0 Å². The molecule has 1 N–H and O–H groups in total. The molecule has 1 aromatic carbocycles. The molecular formula is C14H18N2O. The van der Waals surface area contributed by atoms with Gasteiger partial charge in [0.2, 0.25) is 0 Å². The first kappa shape index (κ1) is 11.9. The van der Waals surface area contributed by atoms with Crippen molar-refractivity contribution in [3.05, 3.63) is 41.3 Å². The Labute approximate surface area is 102 Å². The lowest BCUT2D eigenvalue weighted by molar-refractivity contribution is 0.295. The molecular weight excluding hydrogens is 212 g/mol. The summed E-state index contributed by atoms with van der Waals surface area (Å²) in [7, 11) is 1.99. The van der Waals surface area contributed by atoms with Gasteiger partial charge in [0, 0.05) is 24.7 Å². The summed E-state index contributed by atoms with van der Waals surface area (Å²) < 4.78 is 2.05. The second-order valence-electron chi connectivity index (χ2n) is 4.36. The molecule has 2 rings (SSSR count). The van der Waals surface area contributed by atoms with Crippen LogP contribution in [0.4, 0.5) is 0 Å². The van der Waals surface area contributed by atoms with Gasteiger partial charge in [0.25, 0.3) is 0 Å². The normalized spacial score (nSPS) is 10.8. The molecule has 3 nitrogen and oxygen atoms in total. The second kappa shape index (κ2) is 4.72. The Balaban J connectivity index is 2.49. The highest BCUT2D eigenvalue weighted by Gasteiger charge is 2.12. The van der Waals surface area contributed by atoms with Crippen LogP contribution >= 0.6 is 0 Å². The summed E-state index contributed by atoms with van der Waals surface area (Å²) >= 11 is 0. The van der Waals surface area contributed by atoms with E-state index in [1.54, 1.807) is 0 Å². The van der Waals surface area contributed by atoms with E-state index in [2.05, 4.69) is 37.0 Å². The number of imidazole rings is 1. The quantitative estimate of drug-likeness (QED) is 0.878. The molecule has 0 bridgehead atoms. The molecule has 0 saturated heterocycles. The van der Waals surface area contributed by atoms with E-state index in [1.807, 2.05) is 17.7 Å². The monoisotopic (exact) mass is 230 g/mol. The van der Waals surface area contributed by atoms with Gasteiger partial charge in [-0.05, 0) is 19.9 Å². The van der Waals surface area contributed by atoms with E-state index in [-0.39, 0.29) is 6.61 Å². The van der Waals surface area contributed by atoms with Gasteiger partial charge >= 0.3 is 0 Å². The highest BCUT2D eigenvalue weighted by atomic mass is 16.3. The van der Waals surface area contributed by atoms with Gasteiger partial charge in [0.15, 0.2) is 0 Å². The third-order valence-electron chi connectivity index (χ3n) is 3.10. The van der Waals surface area contributed by atoms with Crippen LogP contribution in [0.25, 0.3) is 11.3 Å². The maximum absolute atomic E-state index is 9.01. The molecule has 2 aromatic rings. The molecule has 0 aliphatic heterocycles. The van der Waals surface area contributed by atoms with Gasteiger partial charge in [0.1, 0.15) is 5.82 Å². The number of aliphatic hydroxyl groups excluding tert-OH is 1. The van der Waals surface area contributed by atoms with E-state index in [0.717, 1.165) is 22.8 Å². The zero-order valence-electron chi connectivity index (χ0n) is 10.6. The van der Waals surface area contributed by atoms with Gasteiger partial charge in [0.05, 0.1) is 12.3 Å². The molecule has 0 unspecified atom stereocenters. The molecule has 1 aromatic heterocycles. The maximum atomic E-state index is 9.01. The van der Waals surface area contributed by atoms with Crippen LogP contribution in [-0.2, 0) is 13.5 Å². The molecule has 0 atom stereocenters. The molecule has 0 radical (unpaired) electrons. The maximum Gasteiger partial charge on any atom is 0.111 e. The summed E-state index contributed by atoms with van der Waals surface area (Å²) in [4.78, 5) is 4.61. The van der Waals surface area contributed by atoms with Crippen molar-refractivity contribution in [3.8, 4) is 11.3 Å². The predicted molar refractivity (Wildman–Crippen MR) is 68.9 cm³/mol. The third kappa shape index (κ3) is 2.24. The van der Waals surface area contributed by atoms with Crippen molar-refractivity contribution < 1.29 is 5.11 Å². The van der Waals surface area contributed by atoms with E-state index >= 15 is 0 Å². The second-order valence-corrected chi connectivity index (χ2v) is 4.36. The van der Waals surface area contributed by atoms with Crippen molar-refractivity contribution in [2.75, 3.05) is 6.61 Å². The minimum atomic E-state index is 0.136. The van der Waals surface area contributed by atoms with Crippen LogP contribution in [0.2, 0.25) is 0 Å². The molecule has 90 valence electrons. The minimum Gasteiger partial charge on any atom is -0.396 e. The van der Waals surface area contributed by atoms with Crippen molar-refractivity contribution in [1.29, 1.82) is 0 Å². The number of aryl methyl sites for hydroxylation is 1. The number of rotatable bonds is 3. The number of benzene rings is 1. The average Bonchev–Trinajstić information content (AvgIpc) is 2.58. The average molecular weight is 230 g/mol. The number of aromatic nitrogens is 2. The lowest BCUT2D eigenvalue weighted by atomic mass is 10.1. The van der Waals surface area contributed by atoms with Crippen LogP contribution in [0.3, 0.4) is 0 Å². The lowest BCUT2D eigenvalue weighted by Gasteiger charge is -2.02. The number of aliphatic hydroxyl groups is 1. The molecule has 3 heteroatoms. The lowest BCUT2D eigenvalue weighted by Crippen LogP contribution is -2.01. The summed E-state index contributed by atoms with van der Waals surface area (Å²) in [6.45, 7) is 4.28. The van der Waals surface area contributed by atoms with Gasteiger partial charge in [-0.15, -0.1) is 0 Å². The number of nitrogens with zero attached hydrogens (tertiary/aromatic N) is 2. The predicted octanol–water partition coefficient (Wildman–Crippen LogP) is 2.24. The van der Waals surface area contributed by atoms with Crippen LogP contribution in [0.5, 0.6) is 0 Å². The zero-order chi connectivity index (χ0) is 12.4. The fourth-order valence-corrected chi connectivity index (χ4v) is 2.03. The van der Waals surface area contributed by atoms with Crippen LogP contribution in [0.15, 0.2) is 24.3 Å². The van der Waals surface area contributed by atoms with Crippen LogP contribution in [0, 0.1) is 13.8 Å². The summed E-state index contributed by atoms with van der Waals surface area (Å²) in [5, 5.41) is 9.01. The van der Waals surface area contributed by atoms with E-state index in [1.165, 1.54) is 5.56 Å². The molecule has 1 heterocycles. The topological polar surface area (TPSA) is 38.1 Å². The molecule has 0 aliphatic rings. The minimum absolute atomic E-state index is 0.136. The van der Waals surface area contributed by atoms with Gasteiger partial charge in [-0.1, -0.05) is 23.8 Å². The first-order valence-corrected chi connectivity index (χ1v) is 5.83. The standard InChI is InChI=1S/C14H18N2O/c1-10-5-4-6-12(9-10)14-11(2)16(3)13(15-14)7-8-17/h4-6,9,17H,7-8H2,1-3H3. The Morgan fingerprint density at radius 1 is 1.29 bits per heavy atom. The Bertz CT molecular complexity index is 529. The van der Waals surface area contributed by atoms with Crippen LogP contribution in [0.1, 0.15) is 17.1 Å². The SMILES string of the molecule is Cc1cccc(-c2nc(CCO)n(C)c2C)c1.